The number of alkyl halides is 3. The van der Waals surface area contributed by atoms with Gasteiger partial charge in [0.1, 0.15) is 0 Å². The van der Waals surface area contributed by atoms with Crippen molar-refractivity contribution in [3.8, 4) is 0 Å². The Hall–Kier alpha value is -2.66. The fraction of sp³-hybridized carbons (Fsp3) is 0.412. The van der Waals surface area contributed by atoms with Gasteiger partial charge in [-0.15, -0.1) is 0 Å². The summed E-state index contributed by atoms with van der Waals surface area (Å²) in [6.45, 7) is 3.14. The Labute approximate surface area is 168 Å². The zero-order valence-electron chi connectivity index (χ0n) is 15.3. The SMILES string of the molecule is Cc1c(Cl)c(C(F)(F)F)nn1C(C=O)N1CCN(c2ccc([N+](=O)[O-])cc2)CC1. The molecule has 0 radical (unpaired) electrons. The fourth-order valence-corrected chi connectivity index (χ4v) is 3.50. The normalized spacial score (nSPS) is 16.7. The molecule has 1 atom stereocenters. The first-order valence-electron chi connectivity index (χ1n) is 8.64. The van der Waals surface area contributed by atoms with Crippen LogP contribution in [0.5, 0.6) is 0 Å². The van der Waals surface area contributed by atoms with Gasteiger partial charge in [0, 0.05) is 44.0 Å². The second-order valence-corrected chi connectivity index (χ2v) is 6.91. The molecule has 0 saturated carbocycles. The highest BCUT2D eigenvalue weighted by Gasteiger charge is 2.39. The van der Waals surface area contributed by atoms with E-state index in [9.17, 15) is 28.1 Å². The van der Waals surface area contributed by atoms with Gasteiger partial charge >= 0.3 is 6.18 Å². The molecule has 3 rings (SSSR count). The lowest BCUT2D eigenvalue weighted by atomic mass is 10.2. The number of aromatic nitrogens is 2. The second-order valence-electron chi connectivity index (χ2n) is 6.54. The molecule has 0 spiro atoms. The van der Waals surface area contributed by atoms with Gasteiger partial charge in [0.2, 0.25) is 0 Å². The van der Waals surface area contributed by atoms with Crippen molar-refractivity contribution in [2.75, 3.05) is 31.1 Å². The zero-order chi connectivity index (χ0) is 21.3. The van der Waals surface area contributed by atoms with Crippen molar-refractivity contribution in [3.63, 3.8) is 0 Å². The molecule has 2 aromatic rings. The van der Waals surface area contributed by atoms with E-state index in [-0.39, 0.29) is 11.4 Å². The maximum atomic E-state index is 13.1. The number of nitro benzene ring substituents is 1. The number of aldehydes is 1. The van der Waals surface area contributed by atoms with Crippen molar-refractivity contribution in [2.45, 2.75) is 19.3 Å². The van der Waals surface area contributed by atoms with E-state index < -0.39 is 28.0 Å². The summed E-state index contributed by atoms with van der Waals surface area (Å²) in [5.74, 6) is 0. The Morgan fingerprint density at radius 3 is 2.24 bits per heavy atom. The molecule has 0 amide bonds. The van der Waals surface area contributed by atoms with Crippen molar-refractivity contribution in [1.82, 2.24) is 14.7 Å². The molecule has 1 unspecified atom stereocenters. The number of halogens is 4. The number of benzene rings is 1. The number of anilines is 1. The van der Waals surface area contributed by atoms with Gasteiger partial charge in [0.25, 0.3) is 5.69 Å². The van der Waals surface area contributed by atoms with Crippen LogP contribution in [-0.4, -0.2) is 52.1 Å². The monoisotopic (exact) mass is 431 g/mol. The van der Waals surface area contributed by atoms with Crippen LogP contribution in [-0.2, 0) is 11.0 Å². The second kappa shape index (κ2) is 7.99. The molecule has 0 aliphatic carbocycles. The average Bonchev–Trinajstić information content (AvgIpc) is 2.98. The summed E-state index contributed by atoms with van der Waals surface area (Å²) in [5.41, 5.74) is -0.377. The van der Waals surface area contributed by atoms with Gasteiger partial charge in [-0.3, -0.25) is 19.8 Å². The van der Waals surface area contributed by atoms with E-state index in [0.29, 0.717) is 32.5 Å². The number of carbonyl (C=O) groups excluding carboxylic acids is 1. The maximum absolute atomic E-state index is 13.1. The maximum Gasteiger partial charge on any atom is 0.436 e. The third-order valence-corrected chi connectivity index (χ3v) is 5.28. The highest BCUT2D eigenvalue weighted by molar-refractivity contribution is 6.32. The summed E-state index contributed by atoms with van der Waals surface area (Å²) >= 11 is 5.78. The van der Waals surface area contributed by atoms with Crippen LogP contribution in [0.1, 0.15) is 17.6 Å². The summed E-state index contributed by atoms with van der Waals surface area (Å²) in [4.78, 5) is 25.6. The Morgan fingerprint density at radius 1 is 1.21 bits per heavy atom. The predicted octanol–water partition coefficient (Wildman–Crippen LogP) is 3.29. The highest BCUT2D eigenvalue weighted by Crippen LogP contribution is 2.36. The molecule has 0 bridgehead atoms. The van der Waals surface area contributed by atoms with Crippen LogP contribution in [0, 0.1) is 17.0 Å². The van der Waals surface area contributed by atoms with Crippen LogP contribution in [0.25, 0.3) is 0 Å². The number of carbonyl (C=O) groups is 1. The van der Waals surface area contributed by atoms with Crippen molar-refractivity contribution < 1.29 is 22.9 Å². The van der Waals surface area contributed by atoms with E-state index in [1.165, 1.54) is 19.1 Å². The van der Waals surface area contributed by atoms with E-state index in [0.717, 1.165) is 10.4 Å². The van der Waals surface area contributed by atoms with Gasteiger partial charge in [-0.05, 0) is 19.1 Å². The number of piperazine rings is 1. The number of rotatable bonds is 5. The average molecular weight is 432 g/mol. The van der Waals surface area contributed by atoms with Gasteiger partial charge in [0.15, 0.2) is 18.1 Å². The number of hydrogen-bond acceptors (Lipinski definition) is 6. The van der Waals surface area contributed by atoms with Crippen LogP contribution < -0.4 is 4.90 Å². The molecule has 156 valence electrons. The van der Waals surface area contributed by atoms with Crippen LogP contribution in [0.3, 0.4) is 0 Å². The minimum Gasteiger partial charge on any atom is -0.369 e. The van der Waals surface area contributed by atoms with E-state index in [1.807, 2.05) is 4.90 Å². The first-order chi connectivity index (χ1) is 13.6. The van der Waals surface area contributed by atoms with E-state index in [4.69, 9.17) is 11.6 Å². The van der Waals surface area contributed by atoms with Crippen LogP contribution in [0.15, 0.2) is 24.3 Å². The summed E-state index contributed by atoms with van der Waals surface area (Å²) in [6, 6.07) is 6.09. The van der Waals surface area contributed by atoms with Crippen molar-refractivity contribution in [3.05, 3.63) is 50.8 Å². The van der Waals surface area contributed by atoms with Gasteiger partial charge in [-0.2, -0.15) is 18.3 Å². The summed E-state index contributed by atoms with van der Waals surface area (Å²) in [7, 11) is 0. The smallest absolute Gasteiger partial charge is 0.369 e. The Morgan fingerprint density at radius 2 is 1.79 bits per heavy atom. The molecule has 1 aromatic heterocycles. The van der Waals surface area contributed by atoms with E-state index in [1.54, 1.807) is 17.0 Å². The third-order valence-electron chi connectivity index (χ3n) is 4.83. The lowest BCUT2D eigenvalue weighted by molar-refractivity contribution is -0.384. The zero-order valence-corrected chi connectivity index (χ0v) is 16.0. The number of nitrogens with zero attached hydrogens (tertiary/aromatic N) is 5. The molecule has 2 heterocycles. The van der Waals surface area contributed by atoms with Gasteiger partial charge in [-0.1, -0.05) is 11.6 Å². The molecule has 12 heteroatoms. The lowest BCUT2D eigenvalue weighted by Crippen LogP contribution is -2.49. The minimum atomic E-state index is -4.71. The largest absolute Gasteiger partial charge is 0.436 e. The third kappa shape index (κ3) is 4.20. The van der Waals surface area contributed by atoms with E-state index in [2.05, 4.69) is 5.10 Å². The Balaban J connectivity index is 1.74. The van der Waals surface area contributed by atoms with Crippen molar-refractivity contribution in [2.24, 2.45) is 0 Å². The quantitative estimate of drug-likeness (QED) is 0.410. The topological polar surface area (TPSA) is 84.5 Å². The fourth-order valence-electron chi connectivity index (χ4n) is 3.27. The van der Waals surface area contributed by atoms with Gasteiger partial charge in [0.05, 0.1) is 15.6 Å². The molecule has 8 nitrogen and oxygen atoms in total. The molecular formula is C17H17ClF3N5O3. The predicted molar refractivity (Wildman–Crippen MR) is 99.0 cm³/mol. The van der Waals surface area contributed by atoms with Crippen LogP contribution in [0.4, 0.5) is 24.5 Å². The standard InChI is InChI=1S/C17H17ClF3N5O3/c1-11-15(18)16(17(19,20)21)22-25(11)14(10-27)24-8-6-23(7-9-24)12-2-4-13(5-3-12)26(28)29/h2-5,10,14H,6-9H2,1H3. The summed E-state index contributed by atoms with van der Waals surface area (Å²) in [6.07, 6.45) is -5.18. The molecular weight excluding hydrogens is 415 g/mol. The van der Waals surface area contributed by atoms with Crippen molar-refractivity contribution >= 4 is 29.3 Å². The number of hydrogen-bond donors (Lipinski definition) is 0. The molecule has 1 fully saturated rings. The summed E-state index contributed by atoms with van der Waals surface area (Å²) in [5, 5.41) is 13.8. The van der Waals surface area contributed by atoms with Gasteiger partial charge in [-0.25, -0.2) is 4.68 Å². The van der Waals surface area contributed by atoms with E-state index >= 15 is 0 Å². The molecule has 0 N–H and O–H groups in total. The summed E-state index contributed by atoms with van der Waals surface area (Å²) < 4.78 is 40.2. The number of non-ortho nitro benzene ring substituents is 1. The lowest BCUT2D eigenvalue weighted by Gasteiger charge is -2.38. The highest BCUT2D eigenvalue weighted by atomic mass is 35.5. The molecule has 29 heavy (non-hydrogen) atoms. The van der Waals surface area contributed by atoms with Crippen LogP contribution >= 0.6 is 11.6 Å². The number of nitro groups is 1. The minimum absolute atomic E-state index is 0.0140. The first-order valence-corrected chi connectivity index (χ1v) is 9.02. The molecule has 1 aromatic carbocycles. The first kappa shape index (κ1) is 21.1. The Bertz CT molecular complexity index is 908. The Kier molecular flexibility index (Phi) is 5.80. The van der Waals surface area contributed by atoms with Gasteiger partial charge < -0.3 is 4.90 Å². The molecule has 1 saturated heterocycles. The van der Waals surface area contributed by atoms with Crippen molar-refractivity contribution in [1.29, 1.82) is 0 Å². The van der Waals surface area contributed by atoms with Crippen LogP contribution in [0.2, 0.25) is 5.02 Å². The molecule has 1 aliphatic rings. The molecule has 1 aliphatic heterocycles.